The third kappa shape index (κ3) is 4.69. The van der Waals surface area contributed by atoms with Crippen LogP contribution in [0.15, 0.2) is 21.7 Å². The van der Waals surface area contributed by atoms with E-state index < -0.39 is 16.4 Å². The Hall–Kier alpha value is -1.10. The molecule has 2 heterocycles. The maximum absolute atomic E-state index is 12.3. The molecule has 0 aromatic carbocycles. The van der Waals surface area contributed by atoms with Gasteiger partial charge < -0.3 is 4.90 Å². The third-order valence-electron chi connectivity index (χ3n) is 3.64. The number of hydrogen-bond acceptors (Lipinski definition) is 5. The lowest BCUT2D eigenvalue weighted by molar-refractivity contribution is -0.133. The van der Waals surface area contributed by atoms with E-state index in [0.717, 1.165) is 15.6 Å². The highest BCUT2D eigenvalue weighted by atomic mass is 32.2. The summed E-state index contributed by atoms with van der Waals surface area (Å²) in [5.74, 6) is -0.315. The molecular formula is C13H19F2N3O3S2. The molecule has 0 aliphatic carbocycles. The minimum absolute atomic E-state index is 0.189. The summed E-state index contributed by atoms with van der Waals surface area (Å²) >= 11 is 1.09. The molecule has 10 heteroatoms. The van der Waals surface area contributed by atoms with Crippen molar-refractivity contribution < 1.29 is 22.0 Å². The molecule has 0 bridgehead atoms. The number of thiophene rings is 1. The predicted molar refractivity (Wildman–Crippen MR) is 83.2 cm³/mol. The second-order valence-corrected chi connectivity index (χ2v) is 8.49. The Labute approximate surface area is 138 Å². The first kappa shape index (κ1) is 18.2. The molecule has 1 aromatic rings. The van der Waals surface area contributed by atoms with Gasteiger partial charge in [0.2, 0.25) is 5.91 Å². The van der Waals surface area contributed by atoms with E-state index in [0.29, 0.717) is 26.2 Å². The van der Waals surface area contributed by atoms with Crippen molar-refractivity contribution in [3.63, 3.8) is 0 Å². The van der Waals surface area contributed by atoms with Crippen LogP contribution < -0.4 is 0 Å². The van der Waals surface area contributed by atoms with Crippen molar-refractivity contribution in [1.82, 2.24) is 14.1 Å². The zero-order valence-electron chi connectivity index (χ0n) is 12.7. The van der Waals surface area contributed by atoms with Gasteiger partial charge in [-0.05, 0) is 11.4 Å². The van der Waals surface area contributed by atoms with Crippen molar-refractivity contribution in [2.45, 2.75) is 10.6 Å². The van der Waals surface area contributed by atoms with Crippen LogP contribution in [0.4, 0.5) is 8.78 Å². The lowest BCUT2D eigenvalue weighted by Gasteiger charge is -2.35. The number of halogens is 2. The predicted octanol–water partition coefficient (Wildman–Crippen LogP) is 0.778. The Balaban J connectivity index is 1.88. The van der Waals surface area contributed by atoms with Crippen molar-refractivity contribution in [2.24, 2.45) is 0 Å². The number of sulfonamides is 1. The number of carbonyl (C=O) groups is 1. The number of piperazine rings is 1. The summed E-state index contributed by atoms with van der Waals surface area (Å²) < 4.78 is 50.4. The largest absolute Gasteiger partial charge is 0.339 e. The number of rotatable bonds is 6. The highest BCUT2D eigenvalue weighted by Gasteiger charge is 2.28. The zero-order valence-corrected chi connectivity index (χ0v) is 14.3. The number of hydrogen-bond donors (Lipinski definition) is 0. The normalized spacial score (nSPS) is 17.2. The molecule has 130 valence electrons. The molecule has 1 aliphatic rings. The molecule has 1 amide bonds. The van der Waals surface area contributed by atoms with Crippen LogP contribution in [-0.4, -0.2) is 81.2 Å². The summed E-state index contributed by atoms with van der Waals surface area (Å²) in [6.07, 6.45) is -2.39. The summed E-state index contributed by atoms with van der Waals surface area (Å²) in [6, 6.07) is 3.12. The molecule has 0 spiro atoms. The molecule has 6 nitrogen and oxygen atoms in total. The highest BCUT2D eigenvalue weighted by Crippen LogP contribution is 2.19. The van der Waals surface area contributed by atoms with Crippen molar-refractivity contribution in [2.75, 3.05) is 46.3 Å². The summed E-state index contributed by atoms with van der Waals surface area (Å²) in [7, 11) is -2.30. The van der Waals surface area contributed by atoms with Gasteiger partial charge in [-0.2, -0.15) is 4.31 Å². The molecule has 0 saturated carbocycles. The van der Waals surface area contributed by atoms with Crippen LogP contribution in [0.5, 0.6) is 0 Å². The molecule has 0 radical (unpaired) electrons. The van der Waals surface area contributed by atoms with Gasteiger partial charge in [0.05, 0.1) is 13.1 Å². The van der Waals surface area contributed by atoms with Crippen LogP contribution in [-0.2, 0) is 14.8 Å². The van der Waals surface area contributed by atoms with Crippen LogP contribution in [0, 0.1) is 0 Å². The first-order valence-electron chi connectivity index (χ1n) is 7.09. The average molecular weight is 367 g/mol. The second kappa shape index (κ2) is 7.65. The Morgan fingerprint density at radius 3 is 2.52 bits per heavy atom. The van der Waals surface area contributed by atoms with Crippen LogP contribution >= 0.6 is 11.3 Å². The summed E-state index contributed by atoms with van der Waals surface area (Å²) in [6.45, 7) is 0.857. The topological polar surface area (TPSA) is 60.9 Å². The fourth-order valence-corrected chi connectivity index (χ4v) is 4.64. The van der Waals surface area contributed by atoms with E-state index in [4.69, 9.17) is 0 Å². The number of alkyl halides is 2. The Morgan fingerprint density at radius 2 is 2.00 bits per heavy atom. The van der Waals surface area contributed by atoms with Gasteiger partial charge in [0.15, 0.2) is 0 Å². The number of likely N-dealkylation sites (N-methyl/N-ethyl adjacent to an activating group) is 1. The van der Waals surface area contributed by atoms with Gasteiger partial charge in [-0.15, -0.1) is 11.3 Å². The lowest BCUT2D eigenvalue weighted by atomic mass is 10.3. The van der Waals surface area contributed by atoms with E-state index in [-0.39, 0.29) is 23.2 Å². The molecular weight excluding hydrogens is 348 g/mol. The fourth-order valence-electron chi connectivity index (χ4n) is 2.31. The van der Waals surface area contributed by atoms with Crippen LogP contribution in [0.25, 0.3) is 0 Å². The van der Waals surface area contributed by atoms with Crippen LogP contribution in [0.2, 0.25) is 0 Å². The molecule has 1 saturated heterocycles. The first-order chi connectivity index (χ1) is 10.8. The van der Waals surface area contributed by atoms with Gasteiger partial charge in [-0.1, -0.05) is 6.07 Å². The molecule has 2 rings (SSSR count). The molecule has 0 N–H and O–H groups in total. The van der Waals surface area contributed by atoms with Gasteiger partial charge in [0.1, 0.15) is 4.21 Å². The minimum atomic E-state index is -3.66. The summed E-state index contributed by atoms with van der Waals surface area (Å²) in [5, 5.41) is 1.66. The second-order valence-electron chi connectivity index (χ2n) is 5.27. The van der Waals surface area contributed by atoms with Gasteiger partial charge in [0, 0.05) is 33.2 Å². The van der Waals surface area contributed by atoms with Crippen molar-refractivity contribution in [1.29, 1.82) is 0 Å². The van der Waals surface area contributed by atoms with Gasteiger partial charge in [-0.3, -0.25) is 9.69 Å². The number of nitrogens with zero attached hydrogens (tertiary/aromatic N) is 3. The van der Waals surface area contributed by atoms with Crippen molar-refractivity contribution in [3.8, 4) is 0 Å². The summed E-state index contributed by atoms with van der Waals surface area (Å²) in [4.78, 5) is 15.3. The Bertz CT molecular complexity index is 614. The van der Waals surface area contributed by atoms with E-state index in [9.17, 15) is 22.0 Å². The van der Waals surface area contributed by atoms with Gasteiger partial charge in [-0.25, -0.2) is 17.2 Å². The Kier molecular flexibility index (Phi) is 6.06. The van der Waals surface area contributed by atoms with E-state index in [1.54, 1.807) is 16.3 Å². The molecule has 1 aliphatic heterocycles. The van der Waals surface area contributed by atoms with Crippen molar-refractivity contribution >= 4 is 27.3 Å². The van der Waals surface area contributed by atoms with Gasteiger partial charge >= 0.3 is 0 Å². The number of carbonyl (C=O) groups excluding carboxylic acids is 1. The quantitative estimate of drug-likeness (QED) is 0.746. The van der Waals surface area contributed by atoms with Crippen LogP contribution in [0.1, 0.15) is 0 Å². The van der Waals surface area contributed by atoms with E-state index >= 15 is 0 Å². The maximum atomic E-state index is 12.3. The Morgan fingerprint density at radius 1 is 1.35 bits per heavy atom. The molecule has 1 aromatic heterocycles. The standard InChI is InChI=1S/C13H19F2N3O3S2/c1-16(23(20,21)13-3-2-8-22-13)10-12(19)18-6-4-17(5-7-18)9-11(14)15/h2-3,8,11H,4-7,9-10H2,1H3. The molecule has 0 atom stereocenters. The summed E-state index contributed by atoms with van der Waals surface area (Å²) in [5.41, 5.74) is 0. The van der Waals surface area contributed by atoms with Crippen molar-refractivity contribution in [3.05, 3.63) is 17.5 Å². The van der Waals surface area contributed by atoms with Crippen LogP contribution in [0.3, 0.4) is 0 Å². The van der Waals surface area contributed by atoms with Gasteiger partial charge in [0.25, 0.3) is 16.4 Å². The zero-order chi connectivity index (χ0) is 17.0. The third-order valence-corrected chi connectivity index (χ3v) is 6.82. The number of amides is 1. The van der Waals surface area contributed by atoms with E-state index in [2.05, 4.69) is 0 Å². The lowest BCUT2D eigenvalue weighted by Crippen LogP contribution is -2.52. The smallest absolute Gasteiger partial charge is 0.252 e. The molecule has 23 heavy (non-hydrogen) atoms. The SMILES string of the molecule is CN(CC(=O)N1CCN(CC(F)F)CC1)S(=O)(=O)c1cccs1. The van der Waals surface area contributed by atoms with E-state index in [1.807, 2.05) is 0 Å². The van der Waals surface area contributed by atoms with E-state index in [1.165, 1.54) is 18.0 Å². The maximum Gasteiger partial charge on any atom is 0.252 e. The highest BCUT2D eigenvalue weighted by molar-refractivity contribution is 7.91. The molecule has 1 fully saturated rings. The minimum Gasteiger partial charge on any atom is -0.339 e. The first-order valence-corrected chi connectivity index (χ1v) is 9.41. The average Bonchev–Trinajstić information content (AvgIpc) is 3.02. The fraction of sp³-hybridized carbons (Fsp3) is 0.615. The molecule has 0 unspecified atom stereocenters. The monoisotopic (exact) mass is 367 g/mol.